The van der Waals surface area contributed by atoms with Gasteiger partial charge in [0.1, 0.15) is 22.2 Å². The number of hydrogen-bond acceptors (Lipinski definition) is 8. The topological polar surface area (TPSA) is 171 Å². The molecule has 2 aromatic rings. The summed E-state index contributed by atoms with van der Waals surface area (Å²) >= 11 is 0. The van der Waals surface area contributed by atoms with Crippen molar-refractivity contribution in [3.63, 3.8) is 0 Å². The van der Waals surface area contributed by atoms with E-state index in [0.717, 1.165) is 10.6 Å². The third-order valence-electron chi connectivity index (χ3n) is 3.60. The molecule has 2 rings (SSSR count). The molecule has 0 atom stereocenters. The van der Waals surface area contributed by atoms with Crippen LogP contribution in [0.25, 0.3) is 0 Å². The smallest absolute Gasteiger partial charge is 0.296 e. The molecule has 1 heterocycles. The van der Waals surface area contributed by atoms with Crippen molar-refractivity contribution in [2.75, 3.05) is 5.73 Å². The number of hydrogen-bond donors (Lipinski definition) is 3. The Kier molecular flexibility index (Phi) is 5.10. The summed E-state index contributed by atoms with van der Waals surface area (Å²) in [6, 6.07) is 5.32. The zero-order valence-electron chi connectivity index (χ0n) is 13.8. The molecule has 1 aromatic carbocycles. The highest BCUT2D eigenvalue weighted by atomic mass is 32.2. The van der Waals surface area contributed by atoms with E-state index >= 15 is 0 Å². The van der Waals surface area contributed by atoms with Crippen LogP contribution in [-0.2, 0) is 16.7 Å². The van der Waals surface area contributed by atoms with Gasteiger partial charge in [0.25, 0.3) is 15.7 Å². The molecule has 1 aromatic heterocycles. The minimum Gasteiger partial charge on any atom is -0.493 e. The minimum absolute atomic E-state index is 0.0836. The lowest BCUT2D eigenvalue weighted by molar-refractivity contribution is 0.412. The number of nitrogen functional groups attached to an aromatic ring is 1. The Morgan fingerprint density at radius 2 is 2.00 bits per heavy atom. The third-order valence-corrected chi connectivity index (χ3v) is 4.49. The molecule has 11 heteroatoms. The first kappa shape index (κ1) is 19.1. The maximum absolute atomic E-state index is 12.1. The fraction of sp³-hybridized carbons (Fsp3) is 0.200. The lowest BCUT2D eigenvalue weighted by Gasteiger charge is -2.11. The van der Waals surface area contributed by atoms with Gasteiger partial charge in [0.05, 0.1) is 0 Å². The summed E-state index contributed by atoms with van der Waals surface area (Å²) in [4.78, 5) is 11.5. The molecule has 0 spiro atoms. The monoisotopic (exact) mass is 377 g/mol. The average Bonchev–Trinajstić information content (AvgIpc) is 2.55. The van der Waals surface area contributed by atoms with Crippen molar-refractivity contribution in [1.29, 1.82) is 5.26 Å². The Balaban J connectivity index is 2.72. The van der Waals surface area contributed by atoms with Gasteiger partial charge in [-0.3, -0.25) is 13.9 Å². The Morgan fingerprint density at radius 1 is 1.35 bits per heavy atom. The van der Waals surface area contributed by atoms with Gasteiger partial charge in [0.2, 0.25) is 5.88 Å². The molecular weight excluding hydrogens is 362 g/mol. The van der Waals surface area contributed by atoms with Gasteiger partial charge in [-0.05, 0) is 32.0 Å². The summed E-state index contributed by atoms with van der Waals surface area (Å²) < 4.78 is 33.1. The second kappa shape index (κ2) is 6.95. The van der Waals surface area contributed by atoms with Gasteiger partial charge in [-0.15, -0.1) is 10.2 Å². The molecule has 0 fully saturated rings. The maximum atomic E-state index is 12.1. The summed E-state index contributed by atoms with van der Waals surface area (Å²) in [6.45, 7) is 3.08. The van der Waals surface area contributed by atoms with Crippen molar-refractivity contribution in [3.8, 4) is 11.9 Å². The second-order valence-electron chi connectivity index (χ2n) is 5.24. The van der Waals surface area contributed by atoms with Crippen LogP contribution in [0.2, 0.25) is 0 Å². The van der Waals surface area contributed by atoms with Crippen LogP contribution in [0, 0.1) is 18.3 Å². The van der Waals surface area contributed by atoms with Crippen LogP contribution in [0.15, 0.2) is 38.1 Å². The molecule has 0 amide bonds. The number of nitrogens with two attached hydrogens (primary N) is 1. The number of nitrogens with zero attached hydrogens (tertiary/aromatic N) is 4. The van der Waals surface area contributed by atoms with Crippen LogP contribution in [0.3, 0.4) is 0 Å². The van der Waals surface area contributed by atoms with Crippen LogP contribution in [0.1, 0.15) is 18.1 Å². The van der Waals surface area contributed by atoms with E-state index in [4.69, 9.17) is 11.0 Å². The second-order valence-corrected chi connectivity index (χ2v) is 6.63. The quantitative estimate of drug-likeness (QED) is 0.415. The van der Waals surface area contributed by atoms with E-state index in [9.17, 15) is 22.9 Å². The van der Waals surface area contributed by atoms with Crippen LogP contribution < -0.4 is 11.3 Å². The van der Waals surface area contributed by atoms with Crippen LogP contribution in [0.4, 0.5) is 17.1 Å². The van der Waals surface area contributed by atoms with Crippen molar-refractivity contribution in [2.24, 2.45) is 10.2 Å². The number of pyridine rings is 1. The first-order valence-electron chi connectivity index (χ1n) is 7.27. The van der Waals surface area contributed by atoms with E-state index in [0.29, 0.717) is 0 Å². The summed E-state index contributed by atoms with van der Waals surface area (Å²) in [5.41, 5.74) is 4.40. The molecule has 0 unspecified atom stereocenters. The first-order chi connectivity index (χ1) is 12.1. The van der Waals surface area contributed by atoms with Crippen molar-refractivity contribution in [2.45, 2.75) is 25.3 Å². The first-order valence-corrected chi connectivity index (χ1v) is 8.71. The summed E-state index contributed by atoms with van der Waals surface area (Å²) in [6.07, 6.45) is 0. The Hall–Kier alpha value is -3.23. The number of nitriles is 1. The number of aromatic nitrogens is 1. The van der Waals surface area contributed by atoms with Crippen molar-refractivity contribution in [1.82, 2.24) is 4.57 Å². The molecule has 0 radical (unpaired) electrons. The molecule has 0 bridgehead atoms. The third kappa shape index (κ3) is 3.41. The van der Waals surface area contributed by atoms with Gasteiger partial charge < -0.3 is 10.8 Å². The molecule has 26 heavy (non-hydrogen) atoms. The Bertz CT molecular complexity index is 1110. The van der Waals surface area contributed by atoms with Crippen LogP contribution in [-0.4, -0.2) is 22.6 Å². The normalized spacial score (nSPS) is 11.6. The standard InChI is InChI=1S/C15H15N5O5S/c1-3-20-14(21)10(7-16)8(2)13(15(20)22)19-18-11-5-4-9(17)6-12(11)26(23,24)25/h4-6,22H,3,17H2,1-2H3,(H,23,24,25). The van der Waals surface area contributed by atoms with Crippen molar-refractivity contribution < 1.29 is 18.1 Å². The highest BCUT2D eigenvalue weighted by Crippen LogP contribution is 2.34. The molecule has 0 aliphatic rings. The van der Waals surface area contributed by atoms with E-state index in [2.05, 4.69) is 10.2 Å². The van der Waals surface area contributed by atoms with Gasteiger partial charge in [0, 0.05) is 17.8 Å². The molecule has 10 nitrogen and oxygen atoms in total. The predicted octanol–water partition coefficient (Wildman–Crippen LogP) is 2.00. The molecule has 0 saturated heterocycles. The fourth-order valence-corrected chi connectivity index (χ4v) is 2.93. The highest BCUT2D eigenvalue weighted by molar-refractivity contribution is 7.86. The van der Waals surface area contributed by atoms with Crippen LogP contribution >= 0.6 is 0 Å². The van der Waals surface area contributed by atoms with Gasteiger partial charge in [-0.25, -0.2) is 0 Å². The number of aromatic hydroxyl groups is 1. The number of benzene rings is 1. The molecule has 0 aliphatic heterocycles. The van der Waals surface area contributed by atoms with E-state index in [1.165, 1.54) is 19.1 Å². The zero-order valence-corrected chi connectivity index (χ0v) is 14.6. The SMILES string of the molecule is CCn1c(O)c(N=Nc2ccc(N)cc2S(=O)(=O)O)c(C)c(C#N)c1=O. The van der Waals surface area contributed by atoms with E-state index in [1.54, 1.807) is 13.0 Å². The summed E-state index contributed by atoms with van der Waals surface area (Å²) in [7, 11) is -4.62. The van der Waals surface area contributed by atoms with E-state index in [1.807, 2.05) is 0 Å². The van der Waals surface area contributed by atoms with Gasteiger partial charge in [-0.2, -0.15) is 13.7 Å². The maximum Gasteiger partial charge on any atom is 0.296 e. The fourth-order valence-electron chi connectivity index (χ4n) is 2.27. The minimum atomic E-state index is -4.62. The Labute approximate surface area is 148 Å². The largest absolute Gasteiger partial charge is 0.493 e. The highest BCUT2D eigenvalue weighted by Gasteiger charge is 2.19. The molecule has 0 aliphatic carbocycles. The molecule has 136 valence electrons. The average molecular weight is 377 g/mol. The van der Waals surface area contributed by atoms with Gasteiger partial charge in [0.15, 0.2) is 5.69 Å². The Morgan fingerprint density at radius 3 is 2.54 bits per heavy atom. The number of azo groups is 1. The summed E-state index contributed by atoms with van der Waals surface area (Å²) in [5.74, 6) is -0.512. The van der Waals surface area contributed by atoms with Crippen molar-refractivity contribution in [3.05, 3.63) is 39.7 Å². The van der Waals surface area contributed by atoms with Gasteiger partial charge in [-0.1, -0.05) is 0 Å². The molecular formula is C15H15N5O5S. The molecule has 4 N–H and O–H groups in total. The van der Waals surface area contributed by atoms with E-state index in [-0.39, 0.29) is 34.7 Å². The molecule has 0 saturated carbocycles. The van der Waals surface area contributed by atoms with E-state index < -0.39 is 26.5 Å². The predicted molar refractivity (Wildman–Crippen MR) is 92.3 cm³/mol. The lowest BCUT2D eigenvalue weighted by atomic mass is 10.1. The van der Waals surface area contributed by atoms with Gasteiger partial charge >= 0.3 is 0 Å². The van der Waals surface area contributed by atoms with Crippen LogP contribution in [0.5, 0.6) is 5.88 Å². The zero-order chi connectivity index (χ0) is 19.6. The number of rotatable bonds is 4. The summed E-state index contributed by atoms with van der Waals surface area (Å²) in [5, 5.41) is 26.9. The van der Waals surface area contributed by atoms with Crippen molar-refractivity contribution >= 4 is 27.2 Å². The lowest BCUT2D eigenvalue weighted by Crippen LogP contribution is -2.23. The number of anilines is 1.